The van der Waals surface area contributed by atoms with E-state index in [9.17, 15) is 19.7 Å². The molecule has 0 fully saturated rings. The van der Waals surface area contributed by atoms with Crippen molar-refractivity contribution in [3.8, 4) is 17.2 Å². The number of hydrogen-bond acceptors (Lipinski definition) is 8. The highest BCUT2D eigenvalue weighted by Crippen LogP contribution is 2.39. The molecule has 0 amide bonds. The Morgan fingerprint density at radius 2 is 1.39 bits per heavy atom. The van der Waals surface area contributed by atoms with Crippen LogP contribution in [0.4, 0.5) is 5.69 Å². The van der Waals surface area contributed by atoms with Gasteiger partial charge in [0.1, 0.15) is 0 Å². The molecule has 0 aliphatic heterocycles. The number of ketones is 1. The summed E-state index contributed by atoms with van der Waals surface area (Å²) >= 11 is 0. The monoisotopic (exact) mass is 451 g/mol. The molecule has 33 heavy (non-hydrogen) atoms. The molecule has 0 saturated heterocycles. The Morgan fingerprint density at radius 3 is 1.88 bits per heavy atom. The molecule has 170 valence electrons. The number of nitro benzene ring substituents is 1. The summed E-state index contributed by atoms with van der Waals surface area (Å²) in [5, 5.41) is 11.0. The number of hydrogen-bond donors (Lipinski definition) is 0. The largest absolute Gasteiger partial charge is 0.493 e. The van der Waals surface area contributed by atoms with Crippen LogP contribution in [0.5, 0.6) is 17.2 Å². The maximum atomic E-state index is 13.2. The van der Waals surface area contributed by atoms with Crippen LogP contribution >= 0.6 is 0 Å². The van der Waals surface area contributed by atoms with Gasteiger partial charge < -0.3 is 18.9 Å². The SMILES string of the molecule is COc1cc(C(=O)O[C@@H](C(=O)c2ccccc2)c2ccc([N+](=O)[O-])cc2)cc(OC)c1OC. The number of rotatable bonds is 9. The van der Waals surface area contributed by atoms with E-state index in [-0.39, 0.29) is 28.3 Å². The molecule has 0 aliphatic rings. The van der Waals surface area contributed by atoms with Gasteiger partial charge in [-0.3, -0.25) is 14.9 Å². The predicted octanol–water partition coefficient (Wildman–Crippen LogP) is 4.40. The minimum absolute atomic E-state index is 0.0669. The number of Topliss-reactive ketones (excluding diaryl/α,β-unsaturated/α-hetero) is 1. The maximum absolute atomic E-state index is 13.2. The van der Waals surface area contributed by atoms with Gasteiger partial charge in [-0.05, 0) is 24.3 Å². The van der Waals surface area contributed by atoms with Crippen molar-refractivity contribution >= 4 is 17.4 Å². The molecule has 0 heterocycles. The number of esters is 1. The molecule has 1 atom stereocenters. The first-order valence-corrected chi connectivity index (χ1v) is 9.74. The molecular weight excluding hydrogens is 430 g/mol. The van der Waals surface area contributed by atoms with E-state index >= 15 is 0 Å². The molecule has 3 aromatic rings. The van der Waals surface area contributed by atoms with Gasteiger partial charge in [-0.25, -0.2) is 4.79 Å². The molecule has 0 saturated carbocycles. The zero-order valence-corrected chi connectivity index (χ0v) is 18.1. The van der Waals surface area contributed by atoms with E-state index in [0.29, 0.717) is 11.3 Å². The molecule has 0 spiro atoms. The van der Waals surface area contributed by atoms with E-state index in [1.165, 1.54) is 57.7 Å². The first kappa shape index (κ1) is 23.3. The minimum Gasteiger partial charge on any atom is -0.493 e. The molecule has 3 rings (SSSR count). The lowest BCUT2D eigenvalue weighted by Gasteiger charge is -2.19. The van der Waals surface area contributed by atoms with E-state index in [1.54, 1.807) is 30.3 Å². The van der Waals surface area contributed by atoms with Gasteiger partial charge in [0.2, 0.25) is 11.5 Å². The van der Waals surface area contributed by atoms with E-state index in [2.05, 4.69) is 0 Å². The van der Waals surface area contributed by atoms with Crippen LogP contribution in [-0.4, -0.2) is 38.0 Å². The van der Waals surface area contributed by atoms with Crippen LogP contribution in [0.25, 0.3) is 0 Å². The van der Waals surface area contributed by atoms with Gasteiger partial charge in [-0.1, -0.05) is 30.3 Å². The topological polar surface area (TPSA) is 114 Å². The lowest BCUT2D eigenvalue weighted by Crippen LogP contribution is -2.20. The third-order valence-corrected chi connectivity index (χ3v) is 4.83. The Hall–Kier alpha value is -4.40. The van der Waals surface area contributed by atoms with Gasteiger partial charge in [0, 0.05) is 23.3 Å². The Morgan fingerprint density at radius 1 is 0.818 bits per heavy atom. The van der Waals surface area contributed by atoms with Gasteiger partial charge in [-0.2, -0.15) is 0 Å². The van der Waals surface area contributed by atoms with Crippen LogP contribution in [-0.2, 0) is 4.74 Å². The van der Waals surface area contributed by atoms with Gasteiger partial charge >= 0.3 is 5.97 Å². The smallest absolute Gasteiger partial charge is 0.339 e. The number of carbonyl (C=O) groups is 2. The fourth-order valence-electron chi connectivity index (χ4n) is 3.17. The zero-order valence-electron chi connectivity index (χ0n) is 18.1. The summed E-state index contributed by atoms with van der Waals surface area (Å²) in [5.41, 5.74) is 0.520. The Balaban J connectivity index is 2.00. The number of non-ortho nitro benzene ring substituents is 1. The lowest BCUT2D eigenvalue weighted by atomic mass is 9.99. The normalized spacial score (nSPS) is 11.2. The molecule has 0 unspecified atom stereocenters. The Bertz CT molecular complexity index is 1130. The fraction of sp³-hybridized carbons (Fsp3) is 0.167. The second-order valence-electron chi connectivity index (χ2n) is 6.78. The van der Waals surface area contributed by atoms with E-state index in [1.807, 2.05) is 0 Å². The summed E-state index contributed by atoms with van der Waals surface area (Å²) in [6.45, 7) is 0. The van der Waals surface area contributed by atoms with Crippen LogP contribution in [0.15, 0.2) is 66.7 Å². The van der Waals surface area contributed by atoms with Gasteiger partial charge in [-0.15, -0.1) is 0 Å². The Labute approximate surface area is 189 Å². The molecule has 0 radical (unpaired) electrons. The molecule has 9 heteroatoms. The van der Waals surface area contributed by atoms with Crippen LogP contribution < -0.4 is 14.2 Å². The van der Waals surface area contributed by atoms with Crippen LogP contribution in [0.1, 0.15) is 32.4 Å². The first-order chi connectivity index (χ1) is 15.9. The maximum Gasteiger partial charge on any atom is 0.339 e. The van der Waals surface area contributed by atoms with E-state index in [4.69, 9.17) is 18.9 Å². The summed E-state index contributed by atoms with van der Waals surface area (Å²) < 4.78 is 21.4. The number of methoxy groups -OCH3 is 3. The van der Waals surface area contributed by atoms with Crippen LogP contribution in [0, 0.1) is 10.1 Å². The average molecular weight is 451 g/mol. The minimum atomic E-state index is -1.33. The third kappa shape index (κ3) is 5.09. The summed E-state index contributed by atoms with van der Waals surface area (Å²) in [5.74, 6) is -0.522. The van der Waals surface area contributed by atoms with Crippen molar-refractivity contribution in [2.45, 2.75) is 6.10 Å². The highest BCUT2D eigenvalue weighted by Gasteiger charge is 2.28. The highest BCUT2D eigenvalue weighted by molar-refractivity contribution is 6.02. The summed E-state index contributed by atoms with van der Waals surface area (Å²) in [4.78, 5) is 36.7. The lowest BCUT2D eigenvalue weighted by molar-refractivity contribution is -0.384. The number of carbonyl (C=O) groups excluding carboxylic acids is 2. The van der Waals surface area contributed by atoms with Gasteiger partial charge in [0.05, 0.1) is 31.8 Å². The number of nitrogens with zero attached hydrogens (tertiary/aromatic N) is 1. The van der Waals surface area contributed by atoms with E-state index in [0.717, 1.165) is 0 Å². The second-order valence-corrected chi connectivity index (χ2v) is 6.78. The van der Waals surface area contributed by atoms with Crippen molar-refractivity contribution in [1.29, 1.82) is 0 Å². The molecule has 0 aliphatic carbocycles. The van der Waals surface area contributed by atoms with E-state index < -0.39 is 22.8 Å². The quantitative estimate of drug-likeness (QED) is 0.204. The predicted molar refractivity (Wildman–Crippen MR) is 118 cm³/mol. The highest BCUT2D eigenvalue weighted by atomic mass is 16.6. The number of benzene rings is 3. The van der Waals surface area contributed by atoms with Crippen molar-refractivity contribution < 1.29 is 33.5 Å². The summed E-state index contributed by atoms with van der Waals surface area (Å²) in [6.07, 6.45) is -1.33. The molecule has 0 N–H and O–H groups in total. The summed E-state index contributed by atoms with van der Waals surface area (Å²) in [7, 11) is 4.25. The number of nitro groups is 1. The zero-order chi connectivity index (χ0) is 24.0. The van der Waals surface area contributed by atoms with Crippen molar-refractivity contribution in [2.24, 2.45) is 0 Å². The van der Waals surface area contributed by atoms with Crippen LogP contribution in [0.3, 0.4) is 0 Å². The van der Waals surface area contributed by atoms with Crippen molar-refractivity contribution in [3.63, 3.8) is 0 Å². The fourth-order valence-corrected chi connectivity index (χ4v) is 3.17. The first-order valence-electron chi connectivity index (χ1n) is 9.74. The van der Waals surface area contributed by atoms with Crippen molar-refractivity contribution in [2.75, 3.05) is 21.3 Å². The van der Waals surface area contributed by atoms with Gasteiger partial charge in [0.25, 0.3) is 5.69 Å². The van der Waals surface area contributed by atoms with Gasteiger partial charge in [0.15, 0.2) is 17.6 Å². The summed E-state index contributed by atoms with van der Waals surface area (Å²) in [6, 6.07) is 16.4. The molecular formula is C24H21NO8. The molecule has 0 bridgehead atoms. The third-order valence-electron chi connectivity index (χ3n) is 4.83. The van der Waals surface area contributed by atoms with Crippen LogP contribution in [0.2, 0.25) is 0 Å². The molecule has 9 nitrogen and oxygen atoms in total. The standard InChI is InChI=1S/C24H21NO8/c1-30-19-13-17(14-20(31-2)23(19)32-3)24(27)33-22(21(26)15-7-5-4-6-8-15)16-9-11-18(12-10-16)25(28)29/h4-14,22H,1-3H3/t22-/m1/s1. The average Bonchev–Trinajstić information content (AvgIpc) is 2.86. The number of ether oxygens (including phenoxy) is 4. The molecule has 3 aromatic carbocycles. The second kappa shape index (κ2) is 10.3. The van der Waals surface area contributed by atoms with Crippen molar-refractivity contribution in [3.05, 3.63) is 93.5 Å². The van der Waals surface area contributed by atoms with Crippen molar-refractivity contribution in [1.82, 2.24) is 0 Å². The Kier molecular flexibility index (Phi) is 7.24. The molecule has 0 aromatic heterocycles.